The molecule has 0 N–H and O–H groups in total. The maximum absolute atomic E-state index is 12.8. The Kier molecular flexibility index (Phi) is 6.34. The SMILES string of the molecule is CCCCCO[C@@H]1CO[C@H]2c3ccc(-c4ccc(C(F)(F)F)cc4)cc3OC[C@@H]2C1. The van der Waals surface area contributed by atoms with Crippen molar-refractivity contribution in [2.45, 2.75) is 51.0 Å². The number of alkyl halides is 3. The van der Waals surface area contributed by atoms with E-state index >= 15 is 0 Å². The number of hydrogen-bond acceptors (Lipinski definition) is 3. The normalized spacial score (nSPS) is 23.4. The molecule has 0 radical (unpaired) electrons. The van der Waals surface area contributed by atoms with E-state index in [1.54, 1.807) is 0 Å². The average Bonchev–Trinajstić information content (AvgIpc) is 2.75. The van der Waals surface area contributed by atoms with E-state index in [0.29, 0.717) is 13.2 Å². The van der Waals surface area contributed by atoms with E-state index in [9.17, 15) is 13.2 Å². The summed E-state index contributed by atoms with van der Waals surface area (Å²) in [7, 11) is 0. The van der Waals surface area contributed by atoms with Crippen molar-refractivity contribution in [3.63, 3.8) is 0 Å². The van der Waals surface area contributed by atoms with Crippen molar-refractivity contribution in [3.8, 4) is 16.9 Å². The maximum Gasteiger partial charge on any atom is 0.416 e. The minimum Gasteiger partial charge on any atom is -0.493 e. The summed E-state index contributed by atoms with van der Waals surface area (Å²) in [5, 5.41) is 0. The van der Waals surface area contributed by atoms with Gasteiger partial charge < -0.3 is 14.2 Å². The standard InChI is InChI=1S/C24H27F3O3/c1-2-3-4-11-28-20-12-18-14-29-22-13-17(7-10-21(22)23(18)30-15-20)16-5-8-19(9-6-16)24(25,26)27/h5-10,13,18,20,23H,2-4,11-12,14-15H2,1H3/t18-,20-,23+/m0/s1. The Balaban J connectivity index is 1.43. The van der Waals surface area contributed by atoms with Gasteiger partial charge in [-0.2, -0.15) is 13.2 Å². The first-order chi connectivity index (χ1) is 14.5. The number of hydrogen-bond donors (Lipinski definition) is 0. The van der Waals surface area contributed by atoms with Gasteiger partial charge in [-0.25, -0.2) is 0 Å². The van der Waals surface area contributed by atoms with Crippen LogP contribution in [0, 0.1) is 5.92 Å². The number of ether oxygens (including phenoxy) is 3. The molecule has 1 saturated heterocycles. The Morgan fingerprint density at radius 2 is 1.77 bits per heavy atom. The molecule has 2 aliphatic rings. The van der Waals surface area contributed by atoms with Gasteiger partial charge in [0.25, 0.3) is 0 Å². The molecular formula is C24H27F3O3. The zero-order valence-corrected chi connectivity index (χ0v) is 17.1. The lowest BCUT2D eigenvalue weighted by Gasteiger charge is -2.40. The molecule has 30 heavy (non-hydrogen) atoms. The molecule has 3 atom stereocenters. The van der Waals surface area contributed by atoms with Gasteiger partial charge in [0.1, 0.15) is 5.75 Å². The summed E-state index contributed by atoms with van der Waals surface area (Å²) in [6, 6.07) is 11.0. The first-order valence-electron chi connectivity index (χ1n) is 10.6. The molecule has 1 fully saturated rings. The van der Waals surface area contributed by atoms with Crippen molar-refractivity contribution in [1.29, 1.82) is 0 Å². The highest BCUT2D eigenvalue weighted by molar-refractivity contribution is 5.67. The van der Waals surface area contributed by atoms with Crippen molar-refractivity contribution in [1.82, 2.24) is 0 Å². The van der Waals surface area contributed by atoms with Crippen molar-refractivity contribution in [2.24, 2.45) is 5.92 Å². The van der Waals surface area contributed by atoms with E-state index in [-0.39, 0.29) is 18.1 Å². The molecule has 0 saturated carbocycles. The predicted octanol–water partition coefficient (Wildman–Crippen LogP) is 6.42. The lowest BCUT2D eigenvalue weighted by atomic mass is 9.86. The van der Waals surface area contributed by atoms with Gasteiger partial charge in [-0.1, -0.05) is 44.0 Å². The summed E-state index contributed by atoms with van der Waals surface area (Å²) in [6.45, 7) is 4.08. The fourth-order valence-electron chi connectivity index (χ4n) is 4.22. The van der Waals surface area contributed by atoms with Crippen LogP contribution in [0.4, 0.5) is 13.2 Å². The van der Waals surface area contributed by atoms with E-state index in [1.165, 1.54) is 25.0 Å². The molecule has 3 nitrogen and oxygen atoms in total. The van der Waals surface area contributed by atoms with Crippen LogP contribution in [-0.4, -0.2) is 25.9 Å². The Morgan fingerprint density at radius 3 is 2.50 bits per heavy atom. The number of halogens is 3. The lowest BCUT2D eigenvalue weighted by molar-refractivity contribution is -0.137. The van der Waals surface area contributed by atoms with Crippen molar-refractivity contribution in [3.05, 3.63) is 53.6 Å². The Morgan fingerprint density at radius 1 is 1.00 bits per heavy atom. The van der Waals surface area contributed by atoms with Crippen LogP contribution in [0.25, 0.3) is 11.1 Å². The lowest BCUT2D eigenvalue weighted by Crippen LogP contribution is -2.39. The highest BCUT2D eigenvalue weighted by Crippen LogP contribution is 2.44. The summed E-state index contributed by atoms with van der Waals surface area (Å²) >= 11 is 0. The first kappa shape index (κ1) is 21.2. The summed E-state index contributed by atoms with van der Waals surface area (Å²) in [4.78, 5) is 0. The van der Waals surface area contributed by atoms with E-state index in [0.717, 1.165) is 54.0 Å². The monoisotopic (exact) mass is 420 g/mol. The van der Waals surface area contributed by atoms with Crippen LogP contribution in [0.3, 0.4) is 0 Å². The molecule has 2 aliphatic heterocycles. The van der Waals surface area contributed by atoms with Crippen LogP contribution in [0.5, 0.6) is 5.75 Å². The minimum absolute atomic E-state index is 0.0223. The molecular weight excluding hydrogens is 393 g/mol. The summed E-state index contributed by atoms with van der Waals surface area (Å²) in [5.41, 5.74) is 1.91. The molecule has 6 heteroatoms. The van der Waals surface area contributed by atoms with Crippen molar-refractivity contribution >= 4 is 0 Å². The Bertz CT molecular complexity index is 848. The fraction of sp³-hybridized carbons (Fsp3) is 0.500. The van der Waals surface area contributed by atoms with Gasteiger partial charge in [0.2, 0.25) is 0 Å². The minimum atomic E-state index is -4.33. The van der Waals surface area contributed by atoms with Gasteiger partial charge in [-0.05, 0) is 42.2 Å². The maximum atomic E-state index is 12.8. The molecule has 2 aromatic carbocycles. The molecule has 0 amide bonds. The number of unbranched alkanes of at least 4 members (excludes halogenated alkanes) is 2. The third-order valence-corrected chi connectivity index (χ3v) is 5.88. The second-order valence-corrected chi connectivity index (χ2v) is 8.09. The second-order valence-electron chi connectivity index (χ2n) is 8.09. The molecule has 0 aromatic heterocycles. The highest BCUT2D eigenvalue weighted by Gasteiger charge is 2.38. The zero-order chi connectivity index (χ0) is 21.1. The van der Waals surface area contributed by atoms with Gasteiger partial charge >= 0.3 is 6.18 Å². The van der Waals surface area contributed by atoms with Gasteiger partial charge in [0.05, 0.1) is 31.0 Å². The molecule has 0 spiro atoms. The van der Waals surface area contributed by atoms with Crippen LogP contribution in [0.2, 0.25) is 0 Å². The van der Waals surface area contributed by atoms with Gasteiger partial charge in [0.15, 0.2) is 0 Å². The van der Waals surface area contributed by atoms with Crippen molar-refractivity contribution in [2.75, 3.05) is 19.8 Å². The van der Waals surface area contributed by atoms with Crippen molar-refractivity contribution < 1.29 is 27.4 Å². The number of rotatable bonds is 6. The Labute approximate surface area is 175 Å². The Hall–Kier alpha value is -2.05. The molecule has 162 valence electrons. The van der Waals surface area contributed by atoms with E-state index in [2.05, 4.69) is 6.92 Å². The van der Waals surface area contributed by atoms with Gasteiger partial charge in [-0.15, -0.1) is 0 Å². The van der Waals surface area contributed by atoms with Crippen LogP contribution >= 0.6 is 0 Å². The van der Waals surface area contributed by atoms with Gasteiger partial charge in [0, 0.05) is 18.1 Å². The first-order valence-corrected chi connectivity index (χ1v) is 10.6. The molecule has 0 bridgehead atoms. The third-order valence-electron chi connectivity index (χ3n) is 5.88. The molecule has 2 aromatic rings. The topological polar surface area (TPSA) is 27.7 Å². The van der Waals surface area contributed by atoms with Gasteiger partial charge in [-0.3, -0.25) is 0 Å². The van der Waals surface area contributed by atoms with Crippen LogP contribution in [0.1, 0.15) is 49.8 Å². The molecule has 0 unspecified atom stereocenters. The summed E-state index contributed by atoms with van der Waals surface area (Å²) < 4.78 is 56.5. The average molecular weight is 420 g/mol. The largest absolute Gasteiger partial charge is 0.493 e. The van der Waals surface area contributed by atoms with E-state index < -0.39 is 11.7 Å². The fourth-order valence-corrected chi connectivity index (χ4v) is 4.22. The van der Waals surface area contributed by atoms with Crippen LogP contribution in [0.15, 0.2) is 42.5 Å². The molecule has 4 rings (SSSR count). The third kappa shape index (κ3) is 4.65. The predicted molar refractivity (Wildman–Crippen MR) is 108 cm³/mol. The smallest absolute Gasteiger partial charge is 0.416 e. The second kappa shape index (κ2) is 8.98. The zero-order valence-electron chi connectivity index (χ0n) is 17.1. The molecule has 2 heterocycles. The van der Waals surface area contributed by atoms with Crippen LogP contribution in [-0.2, 0) is 15.7 Å². The highest BCUT2D eigenvalue weighted by atomic mass is 19.4. The number of benzene rings is 2. The number of fused-ring (bicyclic) bond motifs is 3. The van der Waals surface area contributed by atoms with E-state index in [1.807, 2.05) is 18.2 Å². The summed E-state index contributed by atoms with van der Waals surface area (Å²) in [5.74, 6) is 0.996. The van der Waals surface area contributed by atoms with Crippen LogP contribution < -0.4 is 4.74 Å². The molecule has 0 aliphatic carbocycles. The summed E-state index contributed by atoms with van der Waals surface area (Å²) in [6.07, 6.45) is 0.101. The van der Waals surface area contributed by atoms with E-state index in [4.69, 9.17) is 14.2 Å². The quantitative estimate of drug-likeness (QED) is 0.505.